The highest BCUT2D eigenvalue weighted by Gasteiger charge is 2.17. The van der Waals surface area contributed by atoms with Crippen molar-refractivity contribution in [2.45, 2.75) is 6.92 Å². The number of aromatic nitrogens is 4. The molecule has 0 fully saturated rings. The second kappa shape index (κ2) is 3.24. The Morgan fingerprint density at radius 3 is 2.88 bits per heavy atom. The summed E-state index contributed by atoms with van der Waals surface area (Å²) in [6.45, 7) is 1.86. The van der Waals surface area contributed by atoms with Crippen LogP contribution in [0.25, 0.3) is 21.4 Å². The average Bonchev–Trinajstić information content (AvgIpc) is 2.82. The molecule has 0 unspecified atom stereocenters. The Hall–Kier alpha value is -2.02. The molecule has 3 aromatic rings. The van der Waals surface area contributed by atoms with Crippen LogP contribution in [0.4, 0.5) is 0 Å². The van der Waals surface area contributed by atoms with E-state index in [1.54, 1.807) is 6.33 Å². The Balaban J connectivity index is 2.53. The van der Waals surface area contributed by atoms with Gasteiger partial charge < -0.3 is 9.67 Å². The van der Waals surface area contributed by atoms with Gasteiger partial charge in [0.2, 0.25) is 5.01 Å². The molecule has 0 saturated carbocycles. The van der Waals surface area contributed by atoms with Crippen molar-refractivity contribution in [2.75, 3.05) is 0 Å². The summed E-state index contributed by atoms with van der Waals surface area (Å²) in [5.41, 5.74) is 2.99. The smallest absolute Gasteiger partial charge is 0.365 e. The maximum absolute atomic E-state index is 10.9. The SMILES string of the molecule is Cc1nc2sc(C(=O)O)nc2c2c1ncn2C. The van der Waals surface area contributed by atoms with E-state index in [1.807, 2.05) is 18.5 Å². The topological polar surface area (TPSA) is 80.9 Å². The number of thiazole rings is 1. The second-order valence-corrected chi connectivity index (χ2v) is 4.71. The third kappa shape index (κ3) is 1.32. The zero-order valence-corrected chi connectivity index (χ0v) is 9.95. The highest BCUT2D eigenvalue weighted by molar-refractivity contribution is 7.19. The van der Waals surface area contributed by atoms with Gasteiger partial charge in [-0.2, -0.15) is 0 Å². The quantitative estimate of drug-likeness (QED) is 0.707. The molecular formula is C10H8N4O2S. The number of pyridine rings is 1. The number of carboxylic acid groups (broad SMARTS) is 1. The van der Waals surface area contributed by atoms with E-state index in [9.17, 15) is 4.79 Å². The molecule has 0 amide bonds. The largest absolute Gasteiger partial charge is 0.476 e. The summed E-state index contributed by atoms with van der Waals surface area (Å²) in [7, 11) is 1.86. The predicted molar refractivity (Wildman–Crippen MR) is 63.4 cm³/mol. The van der Waals surface area contributed by atoms with Gasteiger partial charge in [0.05, 0.1) is 17.5 Å². The van der Waals surface area contributed by atoms with Crippen LogP contribution in [0, 0.1) is 6.92 Å². The minimum absolute atomic E-state index is 0.0561. The summed E-state index contributed by atoms with van der Waals surface area (Å²) in [6.07, 6.45) is 1.68. The average molecular weight is 248 g/mol. The van der Waals surface area contributed by atoms with Gasteiger partial charge in [-0.15, -0.1) is 0 Å². The van der Waals surface area contributed by atoms with Crippen LogP contribution in [0.15, 0.2) is 6.33 Å². The molecule has 3 heterocycles. The molecule has 3 rings (SSSR count). The Bertz CT molecular complexity index is 758. The fourth-order valence-electron chi connectivity index (χ4n) is 1.81. The second-order valence-electron chi connectivity index (χ2n) is 3.73. The van der Waals surface area contributed by atoms with Gasteiger partial charge in [0, 0.05) is 7.05 Å². The maximum Gasteiger partial charge on any atom is 0.365 e. The summed E-state index contributed by atoms with van der Waals surface area (Å²) >= 11 is 1.08. The summed E-state index contributed by atoms with van der Waals surface area (Å²) < 4.78 is 1.83. The standard InChI is InChI=1S/C10H8N4O2S/c1-4-5-7(14(2)3-11-5)6-8(12-4)17-9(13-6)10(15)16/h3H,1-2H3,(H,15,16). The van der Waals surface area contributed by atoms with E-state index in [0.29, 0.717) is 10.3 Å². The van der Waals surface area contributed by atoms with Gasteiger partial charge in [-0.25, -0.2) is 19.7 Å². The number of hydrogen-bond donors (Lipinski definition) is 1. The van der Waals surface area contributed by atoms with Crippen molar-refractivity contribution >= 4 is 38.7 Å². The van der Waals surface area contributed by atoms with Crippen molar-refractivity contribution in [1.29, 1.82) is 0 Å². The number of fused-ring (bicyclic) bond motifs is 3. The van der Waals surface area contributed by atoms with Gasteiger partial charge in [0.1, 0.15) is 15.9 Å². The lowest BCUT2D eigenvalue weighted by Crippen LogP contribution is -1.94. The number of aryl methyl sites for hydroxylation is 2. The van der Waals surface area contributed by atoms with Gasteiger partial charge in [0.25, 0.3) is 0 Å². The minimum atomic E-state index is -1.03. The summed E-state index contributed by atoms with van der Waals surface area (Å²) in [4.78, 5) is 24.2. The molecule has 3 aromatic heterocycles. The zero-order chi connectivity index (χ0) is 12.2. The van der Waals surface area contributed by atoms with E-state index in [0.717, 1.165) is 28.1 Å². The van der Waals surface area contributed by atoms with Crippen molar-refractivity contribution in [1.82, 2.24) is 19.5 Å². The molecule has 0 spiro atoms. The predicted octanol–water partition coefficient (Wildman–Crippen LogP) is 1.58. The number of carboxylic acids is 1. The lowest BCUT2D eigenvalue weighted by atomic mass is 10.3. The highest BCUT2D eigenvalue weighted by atomic mass is 32.1. The van der Waals surface area contributed by atoms with Gasteiger partial charge >= 0.3 is 5.97 Å². The fourth-order valence-corrected chi connectivity index (χ4v) is 2.64. The van der Waals surface area contributed by atoms with Gasteiger partial charge in [-0.3, -0.25) is 0 Å². The van der Waals surface area contributed by atoms with Crippen molar-refractivity contribution in [2.24, 2.45) is 7.05 Å². The molecule has 7 heteroatoms. The maximum atomic E-state index is 10.9. The Kier molecular flexibility index (Phi) is 1.93. The third-order valence-corrected chi connectivity index (χ3v) is 3.50. The molecule has 6 nitrogen and oxygen atoms in total. The van der Waals surface area contributed by atoms with Gasteiger partial charge in [-0.1, -0.05) is 11.3 Å². The van der Waals surface area contributed by atoms with Crippen LogP contribution in [-0.4, -0.2) is 30.6 Å². The molecule has 0 bridgehead atoms. The van der Waals surface area contributed by atoms with Crippen LogP contribution in [0.2, 0.25) is 0 Å². The summed E-state index contributed by atoms with van der Waals surface area (Å²) in [5, 5.41) is 9.00. The van der Waals surface area contributed by atoms with E-state index in [-0.39, 0.29) is 5.01 Å². The molecule has 0 saturated heterocycles. The molecule has 0 atom stereocenters. The van der Waals surface area contributed by atoms with Crippen molar-refractivity contribution in [3.63, 3.8) is 0 Å². The molecule has 17 heavy (non-hydrogen) atoms. The molecule has 0 radical (unpaired) electrons. The first-order valence-electron chi connectivity index (χ1n) is 4.89. The van der Waals surface area contributed by atoms with Crippen molar-refractivity contribution in [3.8, 4) is 0 Å². The number of imidazole rings is 1. The molecule has 0 aliphatic carbocycles. The van der Waals surface area contributed by atoms with Gasteiger partial charge in [-0.05, 0) is 6.92 Å². The number of hydrogen-bond acceptors (Lipinski definition) is 5. The van der Waals surface area contributed by atoms with E-state index < -0.39 is 5.97 Å². The van der Waals surface area contributed by atoms with Gasteiger partial charge in [0.15, 0.2) is 0 Å². The molecule has 0 aliphatic heterocycles. The summed E-state index contributed by atoms with van der Waals surface area (Å²) in [5.74, 6) is -1.03. The highest BCUT2D eigenvalue weighted by Crippen LogP contribution is 2.28. The van der Waals surface area contributed by atoms with E-state index >= 15 is 0 Å². The van der Waals surface area contributed by atoms with Crippen LogP contribution in [0.5, 0.6) is 0 Å². The summed E-state index contributed by atoms with van der Waals surface area (Å²) in [6, 6.07) is 0. The molecule has 0 aliphatic rings. The molecule has 0 aromatic carbocycles. The van der Waals surface area contributed by atoms with E-state index in [2.05, 4.69) is 15.0 Å². The Labute approximate surface area is 99.6 Å². The van der Waals surface area contributed by atoms with E-state index in [1.165, 1.54) is 0 Å². The lowest BCUT2D eigenvalue weighted by molar-refractivity contribution is 0.0696. The van der Waals surface area contributed by atoms with Crippen LogP contribution in [-0.2, 0) is 7.05 Å². The zero-order valence-electron chi connectivity index (χ0n) is 9.13. The third-order valence-electron chi connectivity index (χ3n) is 2.57. The van der Waals surface area contributed by atoms with Crippen LogP contribution >= 0.6 is 11.3 Å². The Morgan fingerprint density at radius 2 is 2.18 bits per heavy atom. The first-order valence-corrected chi connectivity index (χ1v) is 5.71. The fraction of sp³-hybridized carbons (Fsp3) is 0.200. The number of carbonyl (C=O) groups is 1. The normalized spacial score (nSPS) is 11.4. The first-order chi connectivity index (χ1) is 8.08. The monoisotopic (exact) mass is 248 g/mol. The first kappa shape index (κ1) is 10.2. The molecule has 86 valence electrons. The van der Waals surface area contributed by atoms with Crippen molar-refractivity contribution < 1.29 is 9.90 Å². The van der Waals surface area contributed by atoms with Crippen LogP contribution in [0.3, 0.4) is 0 Å². The molecular weight excluding hydrogens is 240 g/mol. The number of nitrogens with zero attached hydrogens (tertiary/aromatic N) is 4. The minimum Gasteiger partial charge on any atom is -0.476 e. The van der Waals surface area contributed by atoms with Crippen LogP contribution < -0.4 is 0 Å². The molecule has 1 N–H and O–H groups in total. The Morgan fingerprint density at radius 1 is 1.41 bits per heavy atom. The number of rotatable bonds is 1. The van der Waals surface area contributed by atoms with Crippen molar-refractivity contribution in [3.05, 3.63) is 17.0 Å². The lowest BCUT2D eigenvalue weighted by Gasteiger charge is -1.97. The number of aromatic carboxylic acids is 1. The van der Waals surface area contributed by atoms with Crippen LogP contribution in [0.1, 0.15) is 15.5 Å². The van der Waals surface area contributed by atoms with E-state index in [4.69, 9.17) is 5.11 Å².